The molecule has 1 N–H and O–H groups in total. The lowest BCUT2D eigenvalue weighted by atomic mass is 10.1. The zero-order valence-electron chi connectivity index (χ0n) is 15.0. The lowest BCUT2D eigenvalue weighted by Crippen LogP contribution is -2.27. The first-order chi connectivity index (χ1) is 13.2. The molecule has 0 aliphatic rings. The van der Waals surface area contributed by atoms with Crippen molar-refractivity contribution in [2.24, 2.45) is 0 Å². The predicted octanol–water partition coefficient (Wildman–Crippen LogP) is 4.74. The highest BCUT2D eigenvalue weighted by Gasteiger charge is 2.30. The van der Waals surface area contributed by atoms with Gasteiger partial charge in [-0.05, 0) is 44.2 Å². The first kappa shape index (κ1) is 19.9. The van der Waals surface area contributed by atoms with Crippen LogP contribution in [0.2, 0.25) is 5.15 Å². The van der Waals surface area contributed by atoms with Gasteiger partial charge in [-0.25, -0.2) is 9.67 Å². The largest absolute Gasteiger partial charge is 0.416 e. The standard InChI is InChI=1S/C19H16ClF3N4O/c1-11(26-18(28)13-6-7-17(20)24-9-13)16-10-25-27(12(16)2)15-5-3-4-14(8-15)19(21,22)23/h3-11H,1-2H3,(H,26,28)/t11-/m1/s1. The van der Waals surface area contributed by atoms with E-state index in [9.17, 15) is 18.0 Å². The Morgan fingerprint density at radius 3 is 2.61 bits per heavy atom. The van der Waals surface area contributed by atoms with Crippen LogP contribution in [0, 0.1) is 6.92 Å². The summed E-state index contributed by atoms with van der Waals surface area (Å²) in [5.74, 6) is -0.345. The smallest absolute Gasteiger partial charge is 0.345 e. The highest BCUT2D eigenvalue weighted by atomic mass is 35.5. The first-order valence-electron chi connectivity index (χ1n) is 8.31. The molecule has 0 spiro atoms. The topological polar surface area (TPSA) is 59.8 Å². The van der Waals surface area contributed by atoms with Crippen LogP contribution in [-0.4, -0.2) is 20.7 Å². The Labute approximate surface area is 164 Å². The van der Waals surface area contributed by atoms with Gasteiger partial charge in [0.25, 0.3) is 5.91 Å². The lowest BCUT2D eigenvalue weighted by Gasteiger charge is -2.14. The molecule has 28 heavy (non-hydrogen) atoms. The van der Waals surface area contributed by atoms with Gasteiger partial charge in [-0.3, -0.25) is 4.79 Å². The van der Waals surface area contributed by atoms with Crippen LogP contribution >= 0.6 is 11.6 Å². The Hall–Kier alpha value is -2.87. The molecule has 0 fully saturated rings. The number of aromatic nitrogens is 3. The molecule has 0 unspecified atom stereocenters. The highest BCUT2D eigenvalue weighted by molar-refractivity contribution is 6.29. The highest BCUT2D eigenvalue weighted by Crippen LogP contribution is 2.31. The normalized spacial score (nSPS) is 12.6. The van der Waals surface area contributed by atoms with E-state index in [-0.39, 0.29) is 11.1 Å². The van der Waals surface area contributed by atoms with Crippen molar-refractivity contribution in [1.82, 2.24) is 20.1 Å². The number of carbonyl (C=O) groups excluding carboxylic acids is 1. The third-order valence-electron chi connectivity index (χ3n) is 4.27. The number of nitrogens with zero attached hydrogens (tertiary/aromatic N) is 3. The summed E-state index contributed by atoms with van der Waals surface area (Å²) in [6.07, 6.45) is -1.54. The molecule has 0 radical (unpaired) electrons. The number of carbonyl (C=O) groups is 1. The van der Waals surface area contributed by atoms with Crippen molar-refractivity contribution in [3.05, 3.63) is 76.3 Å². The van der Waals surface area contributed by atoms with Gasteiger partial charge in [-0.1, -0.05) is 17.7 Å². The third-order valence-corrected chi connectivity index (χ3v) is 4.49. The maximum atomic E-state index is 13.0. The summed E-state index contributed by atoms with van der Waals surface area (Å²) in [5, 5.41) is 7.29. The Balaban J connectivity index is 1.82. The molecular formula is C19H16ClF3N4O. The van der Waals surface area contributed by atoms with Crippen molar-refractivity contribution in [2.45, 2.75) is 26.1 Å². The molecule has 0 saturated carbocycles. The van der Waals surface area contributed by atoms with Crippen molar-refractivity contribution >= 4 is 17.5 Å². The fourth-order valence-corrected chi connectivity index (χ4v) is 2.90. The zero-order valence-corrected chi connectivity index (χ0v) is 15.7. The Morgan fingerprint density at radius 1 is 1.21 bits per heavy atom. The number of amides is 1. The van der Waals surface area contributed by atoms with E-state index >= 15 is 0 Å². The molecule has 0 aliphatic carbocycles. The third kappa shape index (κ3) is 4.17. The van der Waals surface area contributed by atoms with Crippen molar-refractivity contribution in [3.8, 4) is 5.69 Å². The van der Waals surface area contributed by atoms with Crippen LogP contribution in [-0.2, 0) is 6.18 Å². The molecular weight excluding hydrogens is 393 g/mol. The molecule has 2 aromatic heterocycles. The zero-order chi connectivity index (χ0) is 20.5. The minimum absolute atomic E-state index is 0.280. The molecule has 9 heteroatoms. The van der Waals surface area contributed by atoms with Crippen molar-refractivity contribution in [3.63, 3.8) is 0 Å². The van der Waals surface area contributed by atoms with Crippen LogP contribution in [0.5, 0.6) is 0 Å². The van der Waals surface area contributed by atoms with Crippen molar-refractivity contribution < 1.29 is 18.0 Å². The summed E-state index contributed by atoms with van der Waals surface area (Å²) in [6, 6.07) is 7.56. The van der Waals surface area contributed by atoms with Crippen molar-refractivity contribution in [2.75, 3.05) is 0 Å². The van der Waals surface area contributed by atoms with Crippen LogP contribution < -0.4 is 5.32 Å². The average Bonchev–Trinajstić information content (AvgIpc) is 3.03. The van der Waals surface area contributed by atoms with Gasteiger partial charge in [0.15, 0.2) is 0 Å². The van der Waals surface area contributed by atoms with Gasteiger partial charge in [0.05, 0.1) is 29.1 Å². The summed E-state index contributed by atoms with van der Waals surface area (Å²) in [5.41, 5.74) is 1.20. The molecule has 5 nitrogen and oxygen atoms in total. The Kier molecular flexibility index (Phi) is 5.42. The van der Waals surface area contributed by atoms with Gasteiger partial charge in [-0.2, -0.15) is 18.3 Å². The molecule has 3 rings (SSSR count). The molecule has 146 valence electrons. The van der Waals surface area contributed by atoms with Gasteiger partial charge < -0.3 is 5.32 Å². The van der Waals surface area contributed by atoms with Crippen LogP contribution in [0.1, 0.15) is 40.1 Å². The second-order valence-electron chi connectivity index (χ2n) is 6.21. The molecule has 1 atom stereocenters. The number of benzene rings is 1. The fraction of sp³-hybridized carbons (Fsp3) is 0.211. The van der Waals surface area contributed by atoms with E-state index in [0.717, 1.165) is 12.1 Å². The average molecular weight is 409 g/mol. The summed E-state index contributed by atoms with van der Waals surface area (Å²) in [7, 11) is 0. The maximum absolute atomic E-state index is 13.0. The molecule has 2 heterocycles. The minimum atomic E-state index is -4.44. The van der Waals surface area contributed by atoms with Gasteiger partial charge >= 0.3 is 6.18 Å². The Bertz CT molecular complexity index is 999. The van der Waals surface area contributed by atoms with E-state index in [1.54, 1.807) is 26.0 Å². The van der Waals surface area contributed by atoms with Gasteiger partial charge in [0.1, 0.15) is 5.15 Å². The molecule has 3 aromatic rings. The van der Waals surface area contributed by atoms with Crippen LogP contribution in [0.15, 0.2) is 48.8 Å². The fourth-order valence-electron chi connectivity index (χ4n) is 2.79. The lowest BCUT2D eigenvalue weighted by molar-refractivity contribution is -0.137. The molecule has 1 amide bonds. The van der Waals surface area contributed by atoms with Gasteiger partial charge in [0.2, 0.25) is 0 Å². The van der Waals surface area contributed by atoms with Crippen LogP contribution in [0.25, 0.3) is 5.69 Å². The summed E-state index contributed by atoms with van der Waals surface area (Å²) in [6.45, 7) is 3.50. The summed E-state index contributed by atoms with van der Waals surface area (Å²) < 4.78 is 40.3. The quantitative estimate of drug-likeness (QED) is 0.634. The molecule has 0 bridgehead atoms. The van der Waals surface area contributed by atoms with Gasteiger partial charge in [-0.15, -0.1) is 0 Å². The van der Waals surface area contributed by atoms with E-state index < -0.39 is 17.8 Å². The number of hydrogen-bond donors (Lipinski definition) is 1. The van der Waals surface area contributed by atoms with Crippen LogP contribution in [0.4, 0.5) is 13.2 Å². The number of alkyl halides is 3. The van der Waals surface area contributed by atoms with Crippen LogP contribution in [0.3, 0.4) is 0 Å². The predicted molar refractivity (Wildman–Crippen MR) is 98.4 cm³/mol. The maximum Gasteiger partial charge on any atom is 0.416 e. The number of halogens is 4. The number of pyridine rings is 1. The first-order valence-corrected chi connectivity index (χ1v) is 8.69. The van der Waals surface area contributed by atoms with E-state index in [4.69, 9.17) is 11.6 Å². The minimum Gasteiger partial charge on any atom is -0.345 e. The molecule has 1 aromatic carbocycles. The summed E-state index contributed by atoms with van der Waals surface area (Å²) >= 11 is 5.71. The van der Waals surface area contributed by atoms with Crippen molar-refractivity contribution in [1.29, 1.82) is 0 Å². The monoisotopic (exact) mass is 408 g/mol. The Morgan fingerprint density at radius 2 is 1.96 bits per heavy atom. The van der Waals surface area contributed by atoms with E-state index in [1.165, 1.54) is 29.2 Å². The second kappa shape index (κ2) is 7.63. The van der Waals surface area contributed by atoms with E-state index in [1.807, 2.05) is 0 Å². The van der Waals surface area contributed by atoms with Gasteiger partial charge in [0, 0.05) is 17.5 Å². The van der Waals surface area contributed by atoms with E-state index in [0.29, 0.717) is 22.5 Å². The second-order valence-corrected chi connectivity index (χ2v) is 6.60. The van der Waals surface area contributed by atoms with E-state index in [2.05, 4.69) is 15.4 Å². The summed E-state index contributed by atoms with van der Waals surface area (Å²) in [4.78, 5) is 16.2. The number of rotatable bonds is 4. The SMILES string of the molecule is Cc1c([C@@H](C)NC(=O)c2ccc(Cl)nc2)cnn1-c1cccc(C(F)(F)F)c1. The number of hydrogen-bond acceptors (Lipinski definition) is 3. The molecule has 0 saturated heterocycles. The molecule has 0 aliphatic heterocycles. The number of nitrogens with one attached hydrogen (secondary N) is 1.